The number of nitrogens with zero attached hydrogens (tertiary/aromatic N) is 3. The van der Waals surface area contributed by atoms with Gasteiger partial charge in [0.15, 0.2) is 5.16 Å². The average molecular weight is 295 g/mol. The number of hydrogen-bond donors (Lipinski definition) is 1. The Morgan fingerprint density at radius 1 is 1.45 bits per heavy atom. The normalized spacial score (nSPS) is 10.8. The van der Waals surface area contributed by atoms with Crippen molar-refractivity contribution in [2.45, 2.75) is 37.9 Å². The first-order valence-corrected chi connectivity index (χ1v) is 7.48. The Bertz CT molecular complexity index is 551. The Labute approximate surface area is 121 Å². The zero-order chi connectivity index (χ0) is 14.4. The molecule has 0 atom stereocenters. The van der Waals surface area contributed by atoms with Gasteiger partial charge in [-0.3, -0.25) is 4.79 Å². The van der Waals surface area contributed by atoms with Gasteiger partial charge in [0.1, 0.15) is 11.6 Å². The summed E-state index contributed by atoms with van der Waals surface area (Å²) in [5, 5.41) is 17.7. The smallest absolute Gasteiger partial charge is 0.313 e. The number of aliphatic carboxylic acids is 1. The average Bonchev–Trinajstić information content (AvgIpc) is 3.04. The maximum absolute atomic E-state index is 10.7. The molecule has 0 fully saturated rings. The second kappa shape index (κ2) is 7.14. The van der Waals surface area contributed by atoms with E-state index in [1.807, 2.05) is 16.7 Å². The van der Waals surface area contributed by atoms with E-state index in [0.717, 1.165) is 30.8 Å². The van der Waals surface area contributed by atoms with Crippen molar-refractivity contribution in [3.63, 3.8) is 0 Å². The molecule has 6 nitrogen and oxygen atoms in total. The zero-order valence-electron chi connectivity index (χ0n) is 11.3. The van der Waals surface area contributed by atoms with Crippen LogP contribution in [0.15, 0.2) is 28.0 Å². The molecule has 0 bridgehead atoms. The first kappa shape index (κ1) is 14.6. The minimum atomic E-state index is -0.854. The second-order valence-electron chi connectivity index (χ2n) is 4.31. The molecular weight excluding hydrogens is 278 g/mol. The number of thioether (sulfide) groups is 1. The van der Waals surface area contributed by atoms with Gasteiger partial charge in [0.05, 0.1) is 12.0 Å². The molecule has 108 valence electrons. The molecule has 0 saturated heterocycles. The molecule has 2 heterocycles. The van der Waals surface area contributed by atoms with Crippen LogP contribution in [0.1, 0.15) is 24.9 Å². The molecule has 0 amide bonds. The highest BCUT2D eigenvalue weighted by Gasteiger charge is 2.13. The minimum absolute atomic E-state index is 0.00892. The van der Waals surface area contributed by atoms with Gasteiger partial charge >= 0.3 is 5.97 Å². The Morgan fingerprint density at radius 2 is 2.30 bits per heavy atom. The van der Waals surface area contributed by atoms with Crippen molar-refractivity contribution in [1.82, 2.24) is 14.8 Å². The molecule has 0 aliphatic carbocycles. The van der Waals surface area contributed by atoms with Crippen molar-refractivity contribution in [3.05, 3.63) is 30.0 Å². The van der Waals surface area contributed by atoms with E-state index in [1.165, 1.54) is 11.8 Å². The van der Waals surface area contributed by atoms with E-state index in [2.05, 4.69) is 17.1 Å². The van der Waals surface area contributed by atoms with Crippen LogP contribution in [0.3, 0.4) is 0 Å². The van der Waals surface area contributed by atoms with Crippen LogP contribution in [0.25, 0.3) is 0 Å². The van der Waals surface area contributed by atoms with Crippen molar-refractivity contribution in [2.24, 2.45) is 0 Å². The highest BCUT2D eigenvalue weighted by Crippen LogP contribution is 2.18. The van der Waals surface area contributed by atoms with E-state index in [4.69, 9.17) is 9.52 Å². The number of carboxylic acids is 1. The Hall–Kier alpha value is -1.76. The molecule has 0 aliphatic heterocycles. The van der Waals surface area contributed by atoms with Crippen LogP contribution in [-0.4, -0.2) is 31.6 Å². The van der Waals surface area contributed by atoms with E-state index < -0.39 is 5.97 Å². The summed E-state index contributed by atoms with van der Waals surface area (Å²) in [6, 6.07) is 3.78. The molecule has 0 radical (unpaired) electrons. The number of rotatable bonds is 8. The van der Waals surface area contributed by atoms with Crippen molar-refractivity contribution in [3.8, 4) is 0 Å². The minimum Gasteiger partial charge on any atom is -0.481 e. The summed E-state index contributed by atoms with van der Waals surface area (Å²) >= 11 is 1.20. The number of carbonyl (C=O) groups is 1. The highest BCUT2D eigenvalue weighted by molar-refractivity contribution is 7.99. The summed E-state index contributed by atoms with van der Waals surface area (Å²) in [6.45, 7) is 2.77. The number of carboxylic acid groups (broad SMARTS) is 1. The van der Waals surface area contributed by atoms with Crippen LogP contribution in [0.5, 0.6) is 0 Å². The van der Waals surface area contributed by atoms with Gasteiger partial charge in [0, 0.05) is 19.4 Å². The monoisotopic (exact) mass is 295 g/mol. The summed E-state index contributed by atoms with van der Waals surface area (Å²) < 4.78 is 7.30. The molecule has 0 saturated carbocycles. The molecule has 1 N–H and O–H groups in total. The lowest BCUT2D eigenvalue weighted by atomic mass is 10.3. The topological polar surface area (TPSA) is 81.1 Å². The van der Waals surface area contributed by atoms with Gasteiger partial charge in [-0.2, -0.15) is 0 Å². The fourth-order valence-corrected chi connectivity index (χ4v) is 2.57. The molecule has 2 rings (SSSR count). The summed E-state index contributed by atoms with van der Waals surface area (Å²) in [5.74, 6) is 0.931. The molecule has 0 spiro atoms. The Morgan fingerprint density at radius 3 is 2.95 bits per heavy atom. The lowest BCUT2D eigenvalue weighted by molar-refractivity contribution is -0.133. The SMILES string of the molecule is CCCc1nnc(SCC(=O)O)n1CCc1ccco1. The highest BCUT2D eigenvalue weighted by atomic mass is 32.2. The van der Waals surface area contributed by atoms with Crippen LogP contribution >= 0.6 is 11.8 Å². The molecular formula is C13H17N3O3S. The fourth-order valence-electron chi connectivity index (χ4n) is 1.86. The van der Waals surface area contributed by atoms with E-state index in [0.29, 0.717) is 11.7 Å². The van der Waals surface area contributed by atoms with E-state index in [1.54, 1.807) is 6.26 Å². The summed E-state index contributed by atoms with van der Waals surface area (Å²) in [7, 11) is 0. The Kier molecular flexibility index (Phi) is 5.23. The van der Waals surface area contributed by atoms with E-state index in [-0.39, 0.29) is 5.75 Å². The van der Waals surface area contributed by atoms with E-state index >= 15 is 0 Å². The van der Waals surface area contributed by atoms with Gasteiger partial charge in [-0.1, -0.05) is 18.7 Å². The molecule has 0 aliphatic rings. The van der Waals surface area contributed by atoms with Gasteiger partial charge in [0.2, 0.25) is 0 Å². The van der Waals surface area contributed by atoms with Gasteiger partial charge in [-0.25, -0.2) is 0 Å². The third-order valence-electron chi connectivity index (χ3n) is 2.75. The van der Waals surface area contributed by atoms with Crippen molar-refractivity contribution in [2.75, 3.05) is 5.75 Å². The van der Waals surface area contributed by atoms with Gasteiger partial charge in [0.25, 0.3) is 0 Å². The maximum atomic E-state index is 10.7. The number of furan rings is 1. The zero-order valence-corrected chi connectivity index (χ0v) is 12.1. The lowest BCUT2D eigenvalue weighted by Gasteiger charge is -2.08. The van der Waals surface area contributed by atoms with Crippen LogP contribution < -0.4 is 0 Å². The summed E-state index contributed by atoms with van der Waals surface area (Å²) in [4.78, 5) is 10.7. The third kappa shape index (κ3) is 3.86. The number of aryl methyl sites for hydroxylation is 2. The van der Waals surface area contributed by atoms with Gasteiger partial charge in [-0.05, 0) is 18.6 Å². The molecule has 0 unspecified atom stereocenters. The number of hydrogen-bond acceptors (Lipinski definition) is 5. The van der Waals surface area contributed by atoms with Gasteiger partial charge in [-0.15, -0.1) is 10.2 Å². The summed E-state index contributed by atoms with van der Waals surface area (Å²) in [6.07, 6.45) is 4.19. The largest absolute Gasteiger partial charge is 0.481 e. The first-order valence-electron chi connectivity index (χ1n) is 6.49. The number of aromatic nitrogens is 3. The molecule has 20 heavy (non-hydrogen) atoms. The van der Waals surface area contributed by atoms with Crippen molar-refractivity contribution < 1.29 is 14.3 Å². The van der Waals surface area contributed by atoms with E-state index in [9.17, 15) is 4.79 Å². The molecule has 7 heteroatoms. The molecule has 0 aromatic carbocycles. The lowest BCUT2D eigenvalue weighted by Crippen LogP contribution is -2.08. The second-order valence-corrected chi connectivity index (χ2v) is 5.25. The fraction of sp³-hybridized carbons (Fsp3) is 0.462. The predicted octanol–water partition coefficient (Wildman–Crippen LogP) is 2.24. The Balaban J connectivity index is 2.09. The first-order chi connectivity index (χ1) is 9.70. The van der Waals surface area contributed by atoms with Crippen LogP contribution in [-0.2, 0) is 24.2 Å². The van der Waals surface area contributed by atoms with Crippen molar-refractivity contribution in [1.29, 1.82) is 0 Å². The third-order valence-corrected chi connectivity index (χ3v) is 3.71. The predicted molar refractivity (Wildman–Crippen MR) is 74.8 cm³/mol. The van der Waals surface area contributed by atoms with Crippen LogP contribution in [0.4, 0.5) is 0 Å². The quantitative estimate of drug-likeness (QED) is 0.752. The van der Waals surface area contributed by atoms with Crippen LogP contribution in [0, 0.1) is 0 Å². The summed E-state index contributed by atoms with van der Waals surface area (Å²) in [5.41, 5.74) is 0. The molecule has 2 aromatic rings. The molecule has 2 aromatic heterocycles. The standard InChI is InChI=1S/C13H17N3O3S/c1-2-4-11-14-15-13(20-9-12(17)18)16(11)7-6-10-5-3-8-19-10/h3,5,8H,2,4,6-7,9H2,1H3,(H,17,18). The van der Waals surface area contributed by atoms with Gasteiger partial charge < -0.3 is 14.1 Å². The van der Waals surface area contributed by atoms with Crippen molar-refractivity contribution >= 4 is 17.7 Å². The van der Waals surface area contributed by atoms with Crippen LogP contribution in [0.2, 0.25) is 0 Å². The maximum Gasteiger partial charge on any atom is 0.313 e.